The molecule has 1 heteroatoms. The highest BCUT2D eigenvalue weighted by Gasteiger charge is 2.20. The van der Waals surface area contributed by atoms with Crippen molar-refractivity contribution in [3.8, 4) is 0 Å². The van der Waals surface area contributed by atoms with E-state index >= 15 is 0 Å². The van der Waals surface area contributed by atoms with Crippen molar-refractivity contribution in [1.29, 1.82) is 0 Å². The molecule has 1 aromatic carbocycles. The second kappa shape index (κ2) is 5.32. The van der Waals surface area contributed by atoms with Gasteiger partial charge in [0, 0.05) is 6.04 Å². The Labute approximate surface area is 92.9 Å². The molecule has 15 heavy (non-hydrogen) atoms. The molecule has 0 heterocycles. The number of unbranched alkanes of at least 4 members (excludes halogenated alkanes) is 2. The topological polar surface area (TPSA) is 12.0 Å². The third-order valence-electron chi connectivity index (χ3n) is 3.30. The van der Waals surface area contributed by atoms with Crippen LogP contribution in [-0.4, -0.2) is 6.54 Å². The van der Waals surface area contributed by atoms with Gasteiger partial charge in [-0.1, -0.05) is 44.0 Å². The zero-order valence-electron chi connectivity index (χ0n) is 9.63. The average molecular weight is 203 g/mol. The molecule has 0 amide bonds. The Morgan fingerprint density at radius 1 is 1.27 bits per heavy atom. The van der Waals surface area contributed by atoms with Gasteiger partial charge in [0.25, 0.3) is 0 Å². The molecule has 1 N–H and O–H groups in total. The lowest BCUT2D eigenvalue weighted by atomic mass is 10.1. The Hall–Kier alpha value is -0.820. The van der Waals surface area contributed by atoms with Gasteiger partial charge in [0.05, 0.1) is 0 Å². The van der Waals surface area contributed by atoms with E-state index < -0.39 is 0 Å². The Balaban J connectivity index is 1.85. The van der Waals surface area contributed by atoms with Gasteiger partial charge in [-0.3, -0.25) is 0 Å². The van der Waals surface area contributed by atoms with Crippen LogP contribution in [0.4, 0.5) is 0 Å². The summed E-state index contributed by atoms with van der Waals surface area (Å²) < 4.78 is 0. The normalized spacial score (nSPS) is 19.1. The van der Waals surface area contributed by atoms with Crippen LogP contribution in [0.15, 0.2) is 24.3 Å². The standard InChI is InChI=1S/C14H21N/c1-2-3-6-11-15-14-10-9-12-7-4-5-8-13(12)14/h4-5,7-8,14-15H,2-3,6,9-11H2,1H3. The fraction of sp³-hybridized carbons (Fsp3) is 0.571. The lowest BCUT2D eigenvalue weighted by molar-refractivity contribution is 0.511. The number of nitrogens with one attached hydrogen (secondary N) is 1. The van der Waals surface area contributed by atoms with Gasteiger partial charge >= 0.3 is 0 Å². The molecule has 2 rings (SSSR count). The quantitative estimate of drug-likeness (QED) is 0.723. The zero-order chi connectivity index (χ0) is 10.5. The van der Waals surface area contributed by atoms with Crippen LogP contribution in [0.5, 0.6) is 0 Å². The molecule has 0 saturated carbocycles. The first-order valence-corrected chi connectivity index (χ1v) is 6.23. The third kappa shape index (κ3) is 2.60. The Morgan fingerprint density at radius 3 is 3.00 bits per heavy atom. The molecule has 0 bridgehead atoms. The minimum absolute atomic E-state index is 0.623. The van der Waals surface area contributed by atoms with Crippen LogP contribution < -0.4 is 5.32 Å². The van der Waals surface area contributed by atoms with Crippen LogP contribution in [0, 0.1) is 0 Å². The van der Waals surface area contributed by atoms with E-state index in [9.17, 15) is 0 Å². The maximum Gasteiger partial charge on any atom is 0.0326 e. The van der Waals surface area contributed by atoms with E-state index in [0.717, 1.165) is 0 Å². The first-order chi connectivity index (χ1) is 7.42. The number of benzene rings is 1. The first kappa shape index (κ1) is 10.7. The molecule has 1 nitrogen and oxygen atoms in total. The summed E-state index contributed by atoms with van der Waals surface area (Å²) in [6, 6.07) is 9.48. The van der Waals surface area contributed by atoms with Gasteiger partial charge in [-0.05, 0) is 36.9 Å². The molecule has 0 spiro atoms. The van der Waals surface area contributed by atoms with Crippen molar-refractivity contribution in [2.75, 3.05) is 6.54 Å². The first-order valence-electron chi connectivity index (χ1n) is 6.23. The van der Waals surface area contributed by atoms with Gasteiger partial charge in [0.15, 0.2) is 0 Å². The Morgan fingerprint density at radius 2 is 2.13 bits per heavy atom. The maximum absolute atomic E-state index is 3.67. The Kier molecular flexibility index (Phi) is 3.79. The second-order valence-electron chi connectivity index (χ2n) is 4.45. The SMILES string of the molecule is CCCCCNC1CCc2ccccc21. The van der Waals surface area contributed by atoms with E-state index in [1.807, 2.05) is 0 Å². The smallest absolute Gasteiger partial charge is 0.0326 e. The summed E-state index contributed by atoms with van der Waals surface area (Å²) in [6.45, 7) is 3.43. The minimum atomic E-state index is 0.623. The molecule has 1 aliphatic carbocycles. The average Bonchev–Trinajstić information content (AvgIpc) is 2.68. The van der Waals surface area contributed by atoms with Gasteiger partial charge in [-0.25, -0.2) is 0 Å². The molecule has 1 aromatic rings. The van der Waals surface area contributed by atoms with Crippen molar-refractivity contribution in [3.05, 3.63) is 35.4 Å². The number of hydrogen-bond acceptors (Lipinski definition) is 1. The Bertz CT molecular complexity index is 306. The molecule has 0 aliphatic heterocycles. The summed E-state index contributed by atoms with van der Waals surface area (Å²) in [5, 5.41) is 3.67. The molecule has 1 aliphatic rings. The van der Waals surface area contributed by atoms with Crippen molar-refractivity contribution in [3.63, 3.8) is 0 Å². The van der Waals surface area contributed by atoms with Crippen molar-refractivity contribution >= 4 is 0 Å². The summed E-state index contributed by atoms with van der Waals surface area (Å²) in [5.74, 6) is 0. The van der Waals surface area contributed by atoms with E-state index in [-0.39, 0.29) is 0 Å². The van der Waals surface area contributed by atoms with Crippen LogP contribution in [0.3, 0.4) is 0 Å². The lowest BCUT2D eigenvalue weighted by Gasteiger charge is -2.13. The van der Waals surface area contributed by atoms with Crippen molar-refractivity contribution in [1.82, 2.24) is 5.32 Å². The van der Waals surface area contributed by atoms with E-state index in [1.165, 1.54) is 44.2 Å². The van der Waals surface area contributed by atoms with Crippen LogP contribution in [0.2, 0.25) is 0 Å². The molecule has 0 aromatic heterocycles. The van der Waals surface area contributed by atoms with E-state index in [4.69, 9.17) is 0 Å². The highest BCUT2D eigenvalue weighted by molar-refractivity contribution is 5.34. The highest BCUT2D eigenvalue weighted by atomic mass is 14.9. The fourth-order valence-corrected chi connectivity index (χ4v) is 2.42. The van der Waals surface area contributed by atoms with Gasteiger partial charge in [-0.15, -0.1) is 0 Å². The molecule has 1 atom stereocenters. The summed E-state index contributed by atoms with van der Waals surface area (Å²) >= 11 is 0. The number of rotatable bonds is 5. The minimum Gasteiger partial charge on any atom is -0.310 e. The van der Waals surface area contributed by atoms with E-state index in [1.54, 1.807) is 5.56 Å². The molecular weight excluding hydrogens is 182 g/mol. The van der Waals surface area contributed by atoms with Gasteiger partial charge in [0.1, 0.15) is 0 Å². The fourth-order valence-electron chi connectivity index (χ4n) is 2.42. The maximum atomic E-state index is 3.67. The van der Waals surface area contributed by atoms with Crippen molar-refractivity contribution in [2.45, 2.75) is 45.1 Å². The summed E-state index contributed by atoms with van der Waals surface area (Å²) in [7, 11) is 0. The summed E-state index contributed by atoms with van der Waals surface area (Å²) in [5.41, 5.74) is 3.08. The summed E-state index contributed by atoms with van der Waals surface area (Å²) in [4.78, 5) is 0. The van der Waals surface area contributed by atoms with Gasteiger partial charge in [-0.2, -0.15) is 0 Å². The molecular formula is C14H21N. The molecule has 0 fully saturated rings. The summed E-state index contributed by atoms with van der Waals surface area (Å²) in [6.07, 6.45) is 6.51. The van der Waals surface area contributed by atoms with Crippen LogP contribution >= 0.6 is 0 Å². The van der Waals surface area contributed by atoms with Crippen molar-refractivity contribution < 1.29 is 0 Å². The molecule has 0 saturated heterocycles. The number of hydrogen-bond donors (Lipinski definition) is 1. The van der Waals surface area contributed by atoms with Gasteiger partial charge < -0.3 is 5.32 Å². The van der Waals surface area contributed by atoms with Crippen LogP contribution in [0.1, 0.15) is 49.8 Å². The molecule has 82 valence electrons. The predicted octanol–water partition coefficient (Wildman–Crippen LogP) is 3.45. The highest BCUT2D eigenvalue weighted by Crippen LogP contribution is 2.30. The van der Waals surface area contributed by atoms with Crippen LogP contribution in [-0.2, 0) is 6.42 Å². The molecule has 0 radical (unpaired) electrons. The zero-order valence-corrected chi connectivity index (χ0v) is 9.63. The number of fused-ring (bicyclic) bond motifs is 1. The number of aryl methyl sites for hydroxylation is 1. The van der Waals surface area contributed by atoms with Gasteiger partial charge in [0.2, 0.25) is 0 Å². The second-order valence-corrected chi connectivity index (χ2v) is 4.45. The van der Waals surface area contributed by atoms with E-state index in [0.29, 0.717) is 6.04 Å². The largest absolute Gasteiger partial charge is 0.310 e. The van der Waals surface area contributed by atoms with E-state index in [2.05, 4.69) is 36.5 Å². The molecule has 1 unspecified atom stereocenters. The van der Waals surface area contributed by atoms with Crippen LogP contribution in [0.25, 0.3) is 0 Å². The monoisotopic (exact) mass is 203 g/mol. The third-order valence-corrected chi connectivity index (χ3v) is 3.30. The lowest BCUT2D eigenvalue weighted by Crippen LogP contribution is -2.20. The van der Waals surface area contributed by atoms with Crippen molar-refractivity contribution in [2.24, 2.45) is 0 Å². The predicted molar refractivity (Wildman–Crippen MR) is 65.0 cm³/mol.